The van der Waals surface area contributed by atoms with Crippen molar-refractivity contribution in [1.82, 2.24) is 0 Å². The van der Waals surface area contributed by atoms with Crippen LogP contribution in [0.15, 0.2) is 0 Å². The first-order valence-electron chi connectivity index (χ1n) is 5.94. The molecule has 92 valence electrons. The van der Waals surface area contributed by atoms with E-state index in [0.717, 1.165) is 25.7 Å². The Morgan fingerprint density at radius 3 is 2.75 bits per heavy atom. The number of hydrogen-bond donors (Lipinski definition) is 1. The summed E-state index contributed by atoms with van der Waals surface area (Å²) in [7, 11) is 1.38. The van der Waals surface area contributed by atoms with E-state index >= 15 is 0 Å². The van der Waals surface area contributed by atoms with Gasteiger partial charge in [-0.15, -0.1) is 5.92 Å². The van der Waals surface area contributed by atoms with Crippen molar-refractivity contribution in [3.8, 4) is 11.8 Å². The number of carbonyl (C=O) groups is 1. The molecule has 0 spiro atoms. The van der Waals surface area contributed by atoms with E-state index in [2.05, 4.69) is 23.5 Å². The maximum atomic E-state index is 10.8. The van der Waals surface area contributed by atoms with Crippen LogP contribution in [0.5, 0.6) is 0 Å². The molecule has 0 saturated heterocycles. The normalized spacial score (nSPS) is 11.4. The van der Waals surface area contributed by atoms with E-state index in [4.69, 9.17) is 0 Å². The minimum absolute atomic E-state index is 0.203. The van der Waals surface area contributed by atoms with Crippen LogP contribution in [0.2, 0.25) is 0 Å². The standard InChI is InChI=1S/C13H22O3/c1-3-4-6-9-12(14)10-7-5-8-11-13(15)16-2/h12,14H,3-6,8-9,11H2,1-2H3/t12-/m0/s1. The van der Waals surface area contributed by atoms with Crippen molar-refractivity contribution in [1.29, 1.82) is 0 Å². The number of aliphatic hydroxyl groups excluding tert-OH is 1. The summed E-state index contributed by atoms with van der Waals surface area (Å²) in [6.45, 7) is 2.13. The van der Waals surface area contributed by atoms with Crippen LogP contribution in [-0.2, 0) is 9.53 Å². The molecule has 3 heteroatoms. The number of hydrogen-bond acceptors (Lipinski definition) is 3. The molecule has 0 unspecified atom stereocenters. The van der Waals surface area contributed by atoms with Crippen LogP contribution < -0.4 is 0 Å². The molecule has 0 bridgehead atoms. The fraction of sp³-hybridized carbons (Fsp3) is 0.769. The Hall–Kier alpha value is -1.01. The van der Waals surface area contributed by atoms with Crippen LogP contribution in [0.25, 0.3) is 0 Å². The lowest BCUT2D eigenvalue weighted by molar-refractivity contribution is -0.140. The molecule has 0 radical (unpaired) electrons. The molecule has 0 aliphatic heterocycles. The van der Waals surface area contributed by atoms with Gasteiger partial charge in [0.2, 0.25) is 0 Å². The molecule has 0 aliphatic carbocycles. The zero-order valence-electron chi connectivity index (χ0n) is 10.3. The van der Waals surface area contributed by atoms with Crippen LogP contribution in [0.4, 0.5) is 0 Å². The number of unbranched alkanes of at least 4 members (excludes halogenated alkanes) is 3. The molecule has 0 saturated carbocycles. The van der Waals surface area contributed by atoms with E-state index < -0.39 is 6.10 Å². The van der Waals surface area contributed by atoms with Crippen LogP contribution in [0.1, 0.15) is 51.9 Å². The maximum Gasteiger partial charge on any atom is 0.305 e. The highest BCUT2D eigenvalue weighted by molar-refractivity contribution is 5.69. The highest BCUT2D eigenvalue weighted by Gasteiger charge is 1.99. The Balaban J connectivity index is 3.48. The predicted molar refractivity (Wildman–Crippen MR) is 63.8 cm³/mol. The number of carbonyl (C=O) groups excluding carboxylic acids is 1. The van der Waals surface area contributed by atoms with Crippen LogP contribution in [-0.4, -0.2) is 24.3 Å². The summed E-state index contributed by atoms with van der Waals surface area (Å²) in [6, 6.07) is 0. The van der Waals surface area contributed by atoms with Crippen molar-refractivity contribution in [3.05, 3.63) is 0 Å². The predicted octanol–water partition coefficient (Wildman–Crippen LogP) is 2.27. The molecule has 0 aromatic carbocycles. The average Bonchev–Trinajstić information content (AvgIpc) is 2.28. The summed E-state index contributed by atoms with van der Waals surface area (Å²) in [6.07, 6.45) is 5.29. The number of rotatable bonds is 7. The number of esters is 1. The SMILES string of the molecule is CCCCC[C@H](O)C#CCCCC(=O)OC. The Morgan fingerprint density at radius 2 is 2.12 bits per heavy atom. The lowest BCUT2D eigenvalue weighted by Gasteiger charge is -2.01. The molecule has 0 amide bonds. The van der Waals surface area contributed by atoms with Crippen molar-refractivity contribution >= 4 is 5.97 Å². The molecular weight excluding hydrogens is 204 g/mol. The number of aliphatic hydroxyl groups is 1. The second kappa shape index (κ2) is 10.5. The van der Waals surface area contributed by atoms with Crippen molar-refractivity contribution in [2.75, 3.05) is 7.11 Å². The van der Waals surface area contributed by atoms with Gasteiger partial charge in [0.25, 0.3) is 0 Å². The van der Waals surface area contributed by atoms with Gasteiger partial charge in [-0.25, -0.2) is 0 Å². The Bertz CT molecular complexity index is 237. The second-order valence-electron chi connectivity index (χ2n) is 3.76. The molecule has 0 aromatic heterocycles. The molecule has 0 heterocycles. The van der Waals surface area contributed by atoms with Gasteiger partial charge in [0.05, 0.1) is 7.11 Å². The first-order valence-corrected chi connectivity index (χ1v) is 5.94. The van der Waals surface area contributed by atoms with Crippen molar-refractivity contribution in [2.24, 2.45) is 0 Å². The van der Waals surface area contributed by atoms with Crippen LogP contribution in [0.3, 0.4) is 0 Å². The Morgan fingerprint density at radius 1 is 1.38 bits per heavy atom. The quantitative estimate of drug-likeness (QED) is 0.411. The molecule has 0 aromatic rings. The minimum atomic E-state index is -0.510. The summed E-state index contributed by atoms with van der Waals surface area (Å²) < 4.78 is 4.51. The fourth-order valence-electron chi connectivity index (χ4n) is 1.27. The highest BCUT2D eigenvalue weighted by atomic mass is 16.5. The van der Waals surface area contributed by atoms with E-state index in [1.54, 1.807) is 0 Å². The van der Waals surface area contributed by atoms with Gasteiger partial charge in [0.15, 0.2) is 0 Å². The van der Waals surface area contributed by atoms with E-state index in [0.29, 0.717) is 19.3 Å². The lowest BCUT2D eigenvalue weighted by atomic mass is 10.1. The lowest BCUT2D eigenvalue weighted by Crippen LogP contribution is -2.02. The molecule has 3 nitrogen and oxygen atoms in total. The number of methoxy groups -OCH3 is 1. The minimum Gasteiger partial charge on any atom is -0.469 e. The van der Waals surface area contributed by atoms with Crippen LogP contribution in [0, 0.1) is 11.8 Å². The van der Waals surface area contributed by atoms with E-state index in [1.807, 2.05) is 0 Å². The molecule has 0 rings (SSSR count). The van der Waals surface area contributed by atoms with Gasteiger partial charge in [-0.2, -0.15) is 0 Å². The maximum absolute atomic E-state index is 10.8. The third kappa shape index (κ3) is 9.54. The van der Waals surface area contributed by atoms with Gasteiger partial charge in [0.1, 0.15) is 6.10 Å². The molecule has 1 N–H and O–H groups in total. The van der Waals surface area contributed by atoms with Gasteiger partial charge in [0, 0.05) is 12.8 Å². The van der Waals surface area contributed by atoms with Gasteiger partial charge in [-0.3, -0.25) is 4.79 Å². The third-order valence-corrected chi connectivity index (χ3v) is 2.26. The zero-order chi connectivity index (χ0) is 12.2. The van der Waals surface area contributed by atoms with Crippen LogP contribution >= 0.6 is 0 Å². The summed E-state index contributed by atoms with van der Waals surface area (Å²) >= 11 is 0. The molecule has 16 heavy (non-hydrogen) atoms. The average molecular weight is 226 g/mol. The first kappa shape index (κ1) is 15.0. The Kier molecular flexibility index (Phi) is 9.84. The summed E-state index contributed by atoms with van der Waals surface area (Å²) in [5.74, 6) is 5.47. The second-order valence-corrected chi connectivity index (χ2v) is 3.76. The monoisotopic (exact) mass is 226 g/mol. The fourth-order valence-corrected chi connectivity index (χ4v) is 1.27. The summed E-state index contributed by atoms with van der Waals surface area (Å²) in [5, 5.41) is 9.47. The first-order chi connectivity index (χ1) is 7.70. The van der Waals surface area contributed by atoms with Crippen molar-refractivity contribution in [3.63, 3.8) is 0 Å². The van der Waals surface area contributed by atoms with Crippen molar-refractivity contribution in [2.45, 2.75) is 58.0 Å². The van der Waals surface area contributed by atoms with E-state index in [1.165, 1.54) is 7.11 Å². The molecule has 0 fully saturated rings. The summed E-state index contributed by atoms with van der Waals surface area (Å²) in [5.41, 5.74) is 0. The van der Waals surface area contributed by atoms with Gasteiger partial charge < -0.3 is 9.84 Å². The van der Waals surface area contributed by atoms with Gasteiger partial charge in [-0.05, 0) is 19.3 Å². The Labute approximate surface area is 98.2 Å². The molecular formula is C13H22O3. The molecule has 1 atom stereocenters. The van der Waals surface area contributed by atoms with Gasteiger partial charge >= 0.3 is 5.97 Å². The number of ether oxygens (including phenoxy) is 1. The highest BCUT2D eigenvalue weighted by Crippen LogP contribution is 2.02. The van der Waals surface area contributed by atoms with Crippen molar-refractivity contribution < 1.29 is 14.6 Å². The smallest absolute Gasteiger partial charge is 0.305 e. The summed E-state index contributed by atoms with van der Waals surface area (Å²) in [4.78, 5) is 10.8. The zero-order valence-corrected chi connectivity index (χ0v) is 10.3. The third-order valence-electron chi connectivity index (χ3n) is 2.26. The topological polar surface area (TPSA) is 46.5 Å². The largest absolute Gasteiger partial charge is 0.469 e. The van der Waals surface area contributed by atoms with Gasteiger partial charge in [-0.1, -0.05) is 25.7 Å². The van der Waals surface area contributed by atoms with E-state index in [9.17, 15) is 9.90 Å². The molecule has 0 aliphatic rings. The van der Waals surface area contributed by atoms with E-state index in [-0.39, 0.29) is 5.97 Å².